The lowest BCUT2D eigenvalue weighted by molar-refractivity contribution is 0.0698. The molecule has 0 saturated carbocycles. The number of aryl methyl sites for hydroxylation is 2. The number of nitrogens with one attached hydrogen (secondary N) is 1. The second kappa shape index (κ2) is 3.56. The molecule has 84 valence electrons. The minimum absolute atomic E-state index is 0.317. The van der Waals surface area contributed by atoms with E-state index >= 15 is 0 Å². The topological polar surface area (TPSA) is 62.3 Å². The summed E-state index contributed by atoms with van der Waals surface area (Å²) in [5.41, 5.74) is 2.68. The van der Waals surface area contributed by atoms with Crippen molar-refractivity contribution in [1.82, 2.24) is 4.98 Å². The first kappa shape index (κ1) is 10.5. The predicted octanol–water partition coefficient (Wildman–Crippen LogP) is 2.49. The summed E-state index contributed by atoms with van der Waals surface area (Å²) in [5, 5.41) is 9.84. The molecule has 2 N–H and O–H groups in total. The van der Waals surface area contributed by atoms with Gasteiger partial charge in [0.2, 0.25) is 0 Å². The first-order valence-corrected chi connectivity index (χ1v) is 4.94. The average molecular weight is 219 g/mol. The molecular formula is C12H13NO3. The molecule has 2 rings (SSSR count). The first-order valence-electron chi connectivity index (χ1n) is 4.94. The number of carbonyl (C=O) groups is 1. The molecule has 0 aliphatic heterocycles. The number of hydrogen-bond acceptors (Lipinski definition) is 2. The fourth-order valence-electron chi connectivity index (χ4n) is 1.97. The molecule has 0 atom stereocenters. The summed E-state index contributed by atoms with van der Waals surface area (Å²) in [5.74, 6) is -0.248. The van der Waals surface area contributed by atoms with Crippen LogP contribution in [0.25, 0.3) is 10.9 Å². The fourth-order valence-corrected chi connectivity index (χ4v) is 1.97. The summed E-state index contributed by atoms with van der Waals surface area (Å²) in [4.78, 5) is 14.2. The molecule has 0 fully saturated rings. The van der Waals surface area contributed by atoms with E-state index in [0.29, 0.717) is 22.4 Å². The van der Waals surface area contributed by atoms with Gasteiger partial charge >= 0.3 is 5.97 Å². The van der Waals surface area contributed by atoms with Gasteiger partial charge in [-0.3, -0.25) is 0 Å². The van der Waals surface area contributed by atoms with Gasteiger partial charge in [-0.25, -0.2) is 4.79 Å². The lowest BCUT2D eigenvalue weighted by Gasteiger charge is -2.03. The van der Waals surface area contributed by atoms with Crippen molar-refractivity contribution in [3.05, 3.63) is 29.0 Å². The number of carboxylic acid groups (broad SMARTS) is 1. The van der Waals surface area contributed by atoms with Crippen LogP contribution in [0, 0.1) is 13.8 Å². The molecule has 0 aliphatic carbocycles. The van der Waals surface area contributed by atoms with E-state index in [1.165, 1.54) is 0 Å². The van der Waals surface area contributed by atoms with E-state index in [9.17, 15) is 4.79 Å². The Bertz CT molecular complexity index is 569. The zero-order valence-electron chi connectivity index (χ0n) is 9.42. The summed E-state index contributed by atoms with van der Waals surface area (Å²) >= 11 is 0. The SMILES string of the molecule is COc1cc(C)cc2c(C(=O)O)c(C)[nH]c12. The maximum atomic E-state index is 11.1. The van der Waals surface area contributed by atoms with Gasteiger partial charge in [0, 0.05) is 11.1 Å². The Hall–Kier alpha value is -1.97. The molecule has 0 bridgehead atoms. The number of ether oxygens (including phenoxy) is 1. The van der Waals surface area contributed by atoms with Crippen LogP contribution in [-0.2, 0) is 0 Å². The smallest absolute Gasteiger partial charge is 0.338 e. The highest BCUT2D eigenvalue weighted by atomic mass is 16.5. The third-order valence-corrected chi connectivity index (χ3v) is 2.64. The molecule has 0 unspecified atom stereocenters. The van der Waals surface area contributed by atoms with Crippen molar-refractivity contribution in [2.24, 2.45) is 0 Å². The lowest BCUT2D eigenvalue weighted by Crippen LogP contribution is -1.97. The second-order valence-electron chi connectivity index (χ2n) is 3.82. The van der Waals surface area contributed by atoms with E-state index in [4.69, 9.17) is 9.84 Å². The van der Waals surface area contributed by atoms with E-state index in [0.717, 1.165) is 11.1 Å². The number of aromatic amines is 1. The van der Waals surface area contributed by atoms with Crippen molar-refractivity contribution in [3.63, 3.8) is 0 Å². The number of hydrogen-bond donors (Lipinski definition) is 2. The van der Waals surface area contributed by atoms with E-state index in [1.807, 2.05) is 19.1 Å². The number of aromatic nitrogens is 1. The fraction of sp³-hybridized carbons (Fsp3) is 0.250. The largest absolute Gasteiger partial charge is 0.495 e. The molecule has 2 aromatic rings. The van der Waals surface area contributed by atoms with Crippen molar-refractivity contribution in [3.8, 4) is 5.75 Å². The van der Waals surface area contributed by atoms with Gasteiger partial charge in [-0.15, -0.1) is 0 Å². The zero-order chi connectivity index (χ0) is 11.9. The maximum Gasteiger partial charge on any atom is 0.338 e. The number of rotatable bonds is 2. The van der Waals surface area contributed by atoms with Gasteiger partial charge in [-0.1, -0.05) is 0 Å². The molecule has 1 aromatic heterocycles. The molecule has 0 radical (unpaired) electrons. The van der Waals surface area contributed by atoms with E-state index in [1.54, 1.807) is 14.0 Å². The summed E-state index contributed by atoms with van der Waals surface area (Å²) < 4.78 is 5.23. The normalized spacial score (nSPS) is 10.7. The summed E-state index contributed by atoms with van der Waals surface area (Å²) in [6, 6.07) is 3.73. The van der Waals surface area contributed by atoms with E-state index in [-0.39, 0.29) is 0 Å². The van der Waals surface area contributed by atoms with Crippen LogP contribution in [0.5, 0.6) is 5.75 Å². The number of fused-ring (bicyclic) bond motifs is 1. The van der Waals surface area contributed by atoms with Crippen LogP contribution >= 0.6 is 0 Å². The summed E-state index contributed by atoms with van der Waals surface area (Å²) in [7, 11) is 1.57. The van der Waals surface area contributed by atoms with Crippen LogP contribution in [0.15, 0.2) is 12.1 Å². The van der Waals surface area contributed by atoms with Crippen LogP contribution in [-0.4, -0.2) is 23.2 Å². The number of benzene rings is 1. The molecule has 1 heterocycles. The molecule has 0 spiro atoms. The van der Waals surface area contributed by atoms with Crippen LogP contribution < -0.4 is 4.74 Å². The Kier molecular flexibility index (Phi) is 2.34. The second-order valence-corrected chi connectivity index (χ2v) is 3.82. The minimum atomic E-state index is -0.920. The first-order chi connectivity index (χ1) is 7.54. The Morgan fingerprint density at radius 2 is 2.06 bits per heavy atom. The maximum absolute atomic E-state index is 11.1. The van der Waals surface area contributed by atoms with Gasteiger partial charge in [-0.2, -0.15) is 0 Å². The van der Waals surface area contributed by atoms with Gasteiger partial charge in [0.15, 0.2) is 0 Å². The van der Waals surface area contributed by atoms with Crippen molar-refractivity contribution in [2.75, 3.05) is 7.11 Å². The number of carboxylic acids is 1. The highest BCUT2D eigenvalue weighted by Crippen LogP contribution is 2.31. The average Bonchev–Trinajstić information content (AvgIpc) is 2.52. The Morgan fingerprint density at radius 3 is 2.62 bits per heavy atom. The van der Waals surface area contributed by atoms with Gasteiger partial charge in [0.25, 0.3) is 0 Å². The molecule has 1 aromatic carbocycles. The van der Waals surface area contributed by atoms with Crippen molar-refractivity contribution in [2.45, 2.75) is 13.8 Å². The van der Waals surface area contributed by atoms with Gasteiger partial charge in [0.1, 0.15) is 5.75 Å². The Labute approximate surface area is 92.9 Å². The Balaban J connectivity index is 2.89. The standard InChI is InChI=1S/C12H13NO3/c1-6-4-8-10(12(14)15)7(2)13-11(8)9(5-6)16-3/h4-5,13H,1-3H3,(H,14,15). The molecule has 0 amide bonds. The quantitative estimate of drug-likeness (QED) is 0.815. The number of aromatic carboxylic acids is 1. The molecule has 16 heavy (non-hydrogen) atoms. The van der Waals surface area contributed by atoms with E-state index in [2.05, 4.69) is 4.98 Å². The third kappa shape index (κ3) is 1.43. The monoisotopic (exact) mass is 219 g/mol. The molecule has 4 nitrogen and oxygen atoms in total. The van der Waals surface area contributed by atoms with Crippen molar-refractivity contribution >= 4 is 16.9 Å². The van der Waals surface area contributed by atoms with Gasteiger partial charge in [-0.05, 0) is 31.5 Å². The summed E-state index contributed by atoms with van der Waals surface area (Å²) in [6.45, 7) is 3.66. The van der Waals surface area contributed by atoms with Crippen LogP contribution in [0.2, 0.25) is 0 Å². The van der Waals surface area contributed by atoms with Gasteiger partial charge in [0.05, 0.1) is 18.2 Å². The highest BCUT2D eigenvalue weighted by molar-refractivity contribution is 6.06. The molecule has 0 aliphatic rings. The van der Waals surface area contributed by atoms with Crippen LogP contribution in [0.1, 0.15) is 21.6 Å². The predicted molar refractivity (Wildman–Crippen MR) is 61.3 cm³/mol. The van der Waals surface area contributed by atoms with Crippen molar-refractivity contribution < 1.29 is 14.6 Å². The van der Waals surface area contributed by atoms with Crippen molar-refractivity contribution in [1.29, 1.82) is 0 Å². The molecule has 0 saturated heterocycles. The lowest BCUT2D eigenvalue weighted by atomic mass is 10.1. The third-order valence-electron chi connectivity index (χ3n) is 2.64. The minimum Gasteiger partial charge on any atom is -0.495 e. The zero-order valence-corrected chi connectivity index (χ0v) is 9.42. The van der Waals surface area contributed by atoms with E-state index < -0.39 is 5.97 Å². The van der Waals surface area contributed by atoms with Crippen LogP contribution in [0.4, 0.5) is 0 Å². The molecular weight excluding hydrogens is 206 g/mol. The van der Waals surface area contributed by atoms with Crippen LogP contribution in [0.3, 0.4) is 0 Å². The number of H-pyrrole nitrogens is 1. The highest BCUT2D eigenvalue weighted by Gasteiger charge is 2.17. The molecule has 4 heteroatoms. The Morgan fingerprint density at radius 1 is 1.38 bits per heavy atom. The summed E-state index contributed by atoms with van der Waals surface area (Å²) in [6.07, 6.45) is 0. The number of methoxy groups -OCH3 is 1. The van der Waals surface area contributed by atoms with Gasteiger partial charge < -0.3 is 14.8 Å².